The molecule has 3 nitrogen and oxygen atoms in total. The SMILES string of the molecule is O=C(NCC=Cc1cc(C(F)(F)F)ccc1Cl)OCc1ccccc1. The van der Waals surface area contributed by atoms with Gasteiger partial charge in [-0.05, 0) is 29.3 Å². The molecule has 0 unspecified atom stereocenters. The Morgan fingerprint density at radius 1 is 1.16 bits per heavy atom. The molecule has 1 amide bonds. The van der Waals surface area contributed by atoms with Crippen LogP contribution < -0.4 is 5.32 Å². The fourth-order valence-corrected chi connectivity index (χ4v) is 2.13. The lowest BCUT2D eigenvalue weighted by Gasteiger charge is -2.08. The van der Waals surface area contributed by atoms with E-state index < -0.39 is 17.8 Å². The highest BCUT2D eigenvalue weighted by atomic mass is 35.5. The van der Waals surface area contributed by atoms with Crippen LogP contribution in [0.3, 0.4) is 0 Å². The van der Waals surface area contributed by atoms with Gasteiger partial charge in [0.05, 0.1) is 5.56 Å². The van der Waals surface area contributed by atoms with Crippen molar-refractivity contribution in [2.45, 2.75) is 12.8 Å². The van der Waals surface area contributed by atoms with E-state index in [1.165, 1.54) is 18.2 Å². The van der Waals surface area contributed by atoms with E-state index in [0.717, 1.165) is 17.7 Å². The quantitative estimate of drug-likeness (QED) is 0.776. The molecule has 0 heterocycles. The number of carbonyl (C=O) groups excluding carboxylic acids is 1. The van der Waals surface area contributed by atoms with Crippen LogP contribution in [0.4, 0.5) is 18.0 Å². The van der Waals surface area contributed by atoms with Crippen LogP contribution in [0, 0.1) is 0 Å². The Balaban J connectivity index is 1.84. The van der Waals surface area contributed by atoms with Gasteiger partial charge in [0.1, 0.15) is 6.61 Å². The maximum Gasteiger partial charge on any atom is 0.416 e. The molecule has 0 radical (unpaired) electrons. The van der Waals surface area contributed by atoms with Crippen molar-refractivity contribution in [3.8, 4) is 0 Å². The predicted molar refractivity (Wildman–Crippen MR) is 90.1 cm³/mol. The third kappa shape index (κ3) is 6.15. The fourth-order valence-electron chi connectivity index (χ4n) is 1.95. The van der Waals surface area contributed by atoms with Crippen molar-refractivity contribution in [2.75, 3.05) is 6.54 Å². The van der Waals surface area contributed by atoms with Gasteiger partial charge >= 0.3 is 12.3 Å². The number of alkyl carbamates (subject to hydrolysis) is 1. The average molecular weight is 370 g/mol. The number of halogens is 4. The van der Waals surface area contributed by atoms with Crippen LogP contribution in [0.1, 0.15) is 16.7 Å². The molecule has 0 atom stereocenters. The van der Waals surface area contributed by atoms with Crippen LogP contribution in [0.15, 0.2) is 54.6 Å². The van der Waals surface area contributed by atoms with Crippen molar-refractivity contribution < 1.29 is 22.7 Å². The molecule has 0 spiro atoms. The third-order valence-electron chi connectivity index (χ3n) is 3.20. The zero-order valence-electron chi connectivity index (χ0n) is 13.0. The molecular weight excluding hydrogens is 355 g/mol. The lowest BCUT2D eigenvalue weighted by molar-refractivity contribution is -0.137. The van der Waals surface area contributed by atoms with Crippen molar-refractivity contribution in [1.82, 2.24) is 5.32 Å². The number of hydrogen-bond acceptors (Lipinski definition) is 2. The number of hydrogen-bond donors (Lipinski definition) is 1. The summed E-state index contributed by atoms with van der Waals surface area (Å²) in [4.78, 5) is 11.5. The third-order valence-corrected chi connectivity index (χ3v) is 3.54. The van der Waals surface area contributed by atoms with E-state index in [4.69, 9.17) is 16.3 Å². The number of ether oxygens (including phenoxy) is 1. The molecule has 0 aromatic heterocycles. The van der Waals surface area contributed by atoms with Crippen LogP contribution >= 0.6 is 11.6 Å². The van der Waals surface area contributed by atoms with Crippen molar-refractivity contribution in [3.63, 3.8) is 0 Å². The first-order valence-corrected chi connectivity index (χ1v) is 7.72. The Morgan fingerprint density at radius 3 is 2.56 bits per heavy atom. The molecule has 2 rings (SSSR count). The second-order valence-corrected chi connectivity index (χ2v) is 5.49. The molecule has 25 heavy (non-hydrogen) atoms. The van der Waals surface area contributed by atoms with Gasteiger partial charge in [0, 0.05) is 11.6 Å². The molecule has 0 saturated carbocycles. The van der Waals surface area contributed by atoms with Crippen molar-refractivity contribution in [3.05, 3.63) is 76.3 Å². The standard InChI is InChI=1S/C18H15ClF3NO2/c19-16-9-8-15(18(20,21)22)11-14(16)7-4-10-23-17(24)25-12-13-5-2-1-3-6-13/h1-9,11H,10,12H2,(H,23,24). The van der Waals surface area contributed by atoms with Crippen LogP contribution in [-0.4, -0.2) is 12.6 Å². The molecule has 1 N–H and O–H groups in total. The number of benzene rings is 2. The maximum atomic E-state index is 12.7. The highest BCUT2D eigenvalue weighted by Gasteiger charge is 2.30. The van der Waals surface area contributed by atoms with Gasteiger partial charge in [-0.3, -0.25) is 0 Å². The van der Waals surface area contributed by atoms with Gasteiger partial charge < -0.3 is 10.1 Å². The molecule has 132 valence electrons. The predicted octanol–water partition coefficient (Wildman–Crippen LogP) is 5.30. The second-order valence-electron chi connectivity index (χ2n) is 5.08. The van der Waals surface area contributed by atoms with Crippen LogP contribution in [-0.2, 0) is 17.5 Å². The van der Waals surface area contributed by atoms with Gasteiger partial charge in [-0.2, -0.15) is 13.2 Å². The molecule has 0 fully saturated rings. The first-order valence-electron chi connectivity index (χ1n) is 7.34. The molecule has 0 aliphatic rings. The second kappa shape index (κ2) is 8.58. The lowest BCUT2D eigenvalue weighted by atomic mass is 10.1. The van der Waals surface area contributed by atoms with E-state index in [2.05, 4.69) is 5.32 Å². The highest BCUT2D eigenvalue weighted by molar-refractivity contribution is 6.32. The van der Waals surface area contributed by atoms with Gasteiger partial charge in [-0.1, -0.05) is 54.1 Å². The van der Waals surface area contributed by atoms with E-state index in [1.807, 2.05) is 30.3 Å². The molecule has 0 saturated heterocycles. The summed E-state index contributed by atoms with van der Waals surface area (Å²) in [5, 5.41) is 2.66. The summed E-state index contributed by atoms with van der Waals surface area (Å²) in [6, 6.07) is 12.2. The molecule has 7 heteroatoms. The number of alkyl halides is 3. The van der Waals surface area contributed by atoms with Gasteiger partial charge in [0.15, 0.2) is 0 Å². The van der Waals surface area contributed by atoms with E-state index in [0.29, 0.717) is 0 Å². The number of rotatable bonds is 5. The Labute approximate surface area is 148 Å². The number of carbonyl (C=O) groups is 1. The van der Waals surface area contributed by atoms with E-state index in [9.17, 15) is 18.0 Å². The van der Waals surface area contributed by atoms with E-state index in [1.54, 1.807) is 0 Å². The lowest BCUT2D eigenvalue weighted by Crippen LogP contribution is -2.24. The molecule has 0 bridgehead atoms. The van der Waals surface area contributed by atoms with Crippen LogP contribution in [0.2, 0.25) is 5.02 Å². The monoisotopic (exact) mass is 369 g/mol. The minimum absolute atomic E-state index is 0.0974. The first-order chi connectivity index (χ1) is 11.9. The largest absolute Gasteiger partial charge is 0.445 e. The molecule has 0 aliphatic carbocycles. The minimum atomic E-state index is -4.44. The summed E-state index contributed by atoms with van der Waals surface area (Å²) in [6.45, 7) is 0.232. The molecule has 0 aliphatic heterocycles. The van der Waals surface area contributed by atoms with Gasteiger partial charge in [-0.15, -0.1) is 0 Å². The summed E-state index contributed by atoms with van der Waals surface area (Å²) in [7, 11) is 0. The Bertz CT molecular complexity index is 746. The topological polar surface area (TPSA) is 38.3 Å². The van der Waals surface area contributed by atoms with Crippen molar-refractivity contribution in [1.29, 1.82) is 0 Å². The Morgan fingerprint density at radius 2 is 1.88 bits per heavy atom. The number of amides is 1. The van der Waals surface area contributed by atoms with Crippen LogP contribution in [0.25, 0.3) is 6.08 Å². The fraction of sp³-hybridized carbons (Fsp3) is 0.167. The average Bonchev–Trinajstić information content (AvgIpc) is 2.58. The highest BCUT2D eigenvalue weighted by Crippen LogP contribution is 2.32. The van der Waals surface area contributed by atoms with Crippen LogP contribution in [0.5, 0.6) is 0 Å². The Hall–Kier alpha value is -2.47. The minimum Gasteiger partial charge on any atom is -0.445 e. The summed E-state index contributed by atoms with van der Waals surface area (Å²) in [5.74, 6) is 0. The van der Waals surface area contributed by atoms with E-state index in [-0.39, 0.29) is 23.7 Å². The summed E-state index contributed by atoms with van der Waals surface area (Å²) in [5.41, 5.74) is 0.284. The zero-order valence-corrected chi connectivity index (χ0v) is 13.8. The molecule has 2 aromatic rings. The summed E-state index contributed by atoms with van der Waals surface area (Å²) in [6.07, 6.45) is -2.16. The van der Waals surface area contributed by atoms with Crippen molar-refractivity contribution >= 4 is 23.8 Å². The van der Waals surface area contributed by atoms with Gasteiger partial charge in [0.25, 0.3) is 0 Å². The van der Waals surface area contributed by atoms with E-state index >= 15 is 0 Å². The Kier molecular flexibility index (Phi) is 6.47. The van der Waals surface area contributed by atoms with Crippen molar-refractivity contribution in [2.24, 2.45) is 0 Å². The maximum absolute atomic E-state index is 12.7. The van der Waals surface area contributed by atoms with Gasteiger partial charge in [-0.25, -0.2) is 4.79 Å². The first kappa shape index (κ1) is 18.9. The molecule has 2 aromatic carbocycles. The zero-order chi connectivity index (χ0) is 18.3. The molecular formula is C18H15ClF3NO2. The normalized spacial score (nSPS) is 11.5. The summed E-state index contributed by atoms with van der Waals surface area (Å²) >= 11 is 5.87. The smallest absolute Gasteiger partial charge is 0.416 e. The van der Waals surface area contributed by atoms with Gasteiger partial charge in [0.2, 0.25) is 0 Å². The summed E-state index contributed by atoms with van der Waals surface area (Å²) < 4.78 is 43.0. The number of nitrogens with one attached hydrogen (secondary N) is 1.